The Morgan fingerprint density at radius 1 is 1.24 bits per heavy atom. The van der Waals surface area contributed by atoms with Crippen molar-refractivity contribution in [1.82, 2.24) is 25.2 Å². The number of nitrogens with zero attached hydrogens (tertiary/aromatic N) is 4. The minimum atomic E-state index is -0.182. The van der Waals surface area contributed by atoms with Crippen molar-refractivity contribution < 1.29 is 14.4 Å². The molecule has 2 N–H and O–H groups in total. The van der Waals surface area contributed by atoms with Crippen molar-refractivity contribution in [2.24, 2.45) is 5.92 Å². The van der Waals surface area contributed by atoms with Gasteiger partial charge in [-0.1, -0.05) is 20.3 Å². The molecule has 1 amide bonds. The van der Waals surface area contributed by atoms with E-state index in [0.29, 0.717) is 23.9 Å². The van der Waals surface area contributed by atoms with Gasteiger partial charge in [-0.05, 0) is 37.8 Å². The van der Waals surface area contributed by atoms with Crippen molar-refractivity contribution in [3.05, 3.63) is 23.9 Å². The van der Waals surface area contributed by atoms with Crippen LogP contribution >= 0.6 is 0 Å². The van der Waals surface area contributed by atoms with E-state index in [4.69, 9.17) is 9.57 Å². The molecule has 1 aromatic heterocycles. The van der Waals surface area contributed by atoms with E-state index in [0.717, 1.165) is 82.9 Å². The Bertz CT molecular complexity index is 809. The molecule has 1 saturated carbocycles. The number of amides is 1. The molecule has 0 spiro atoms. The number of ether oxygens (including phenoxy) is 1. The number of pyridine rings is 1. The van der Waals surface area contributed by atoms with Crippen LogP contribution < -0.4 is 10.8 Å². The van der Waals surface area contributed by atoms with Gasteiger partial charge in [-0.25, -0.2) is 9.88 Å². The Labute approximate surface area is 196 Å². The third-order valence-corrected chi connectivity index (χ3v) is 7.31. The van der Waals surface area contributed by atoms with E-state index in [1.807, 2.05) is 6.20 Å². The number of carbonyl (C=O) groups excluding carboxylic acids is 1. The van der Waals surface area contributed by atoms with Crippen molar-refractivity contribution in [2.45, 2.75) is 70.6 Å². The largest absolute Gasteiger partial charge is 0.377 e. The maximum atomic E-state index is 12.5. The molecule has 0 bridgehead atoms. The SMILES string of the molecule is CCCC(CC)N1C(c2ccnc(NC3COC3)c2)ONC1N1CCN(C(=O)C2CC2)CC1. The van der Waals surface area contributed by atoms with E-state index in [9.17, 15) is 4.79 Å². The Hall–Kier alpha value is -1.78. The van der Waals surface area contributed by atoms with Crippen LogP contribution in [0.4, 0.5) is 5.82 Å². The summed E-state index contributed by atoms with van der Waals surface area (Å²) < 4.78 is 5.28. The summed E-state index contributed by atoms with van der Waals surface area (Å²) in [6, 6.07) is 4.88. The summed E-state index contributed by atoms with van der Waals surface area (Å²) in [5, 5.41) is 3.45. The summed E-state index contributed by atoms with van der Waals surface area (Å²) >= 11 is 0. The summed E-state index contributed by atoms with van der Waals surface area (Å²) in [5.74, 6) is 1.51. The van der Waals surface area contributed by atoms with Gasteiger partial charge < -0.3 is 15.0 Å². The highest BCUT2D eigenvalue weighted by molar-refractivity contribution is 5.81. The van der Waals surface area contributed by atoms with Crippen LogP contribution in [0, 0.1) is 5.92 Å². The number of anilines is 1. The minimum absolute atomic E-state index is 0.00529. The molecule has 4 heterocycles. The van der Waals surface area contributed by atoms with Gasteiger partial charge in [-0.3, -0.25) is 14.5 Å². The highest BCUT2D eigenvalue weighted by atomic mass is 16.7. The normalized spacial score (nSPS) is 28.0. The Morgan fingerprint density at radius 3 is 2.67 bits per heavy atom. The van der Waals surface area contributed by atoms with Gasteiger partial charge in [-0.15, -0.1) is 0 Å². The fourth-order valence-electron chi connectivity index (χ4n) is 5.15. The van der Waals surface area contributed by atoms with Crippen LogP contribution in [-0.4, -0.2) is 83.4 Å². The number of hydrogen-bond donors (Lipinski definition) is 2. The van der Waals surface area contributed by atoms with E-state index >= 15 is 0 Å². The molecule has 0 aromatic carbocycles. The van der Waals surface area contributed by atoms with Crippen LogP contribution in [0.25, 0.3) is 0 Å². The second-order valence-electron chi connectivity index (χ2n) is 9.75. The van der Waals surface area contributed by atoms with Crippen molar-refractivity contribution in [3.8, 4) is 0 Å². The first-order valence-corrected chi connectivity index (χ1v) is 12.7. The smallest absolute Gasteiger partial charge is 0.225 e. The molecular weight excluding hydrogens is 420 g/mol. The average Bonchev–Trinajstić information content (AvgIpc) is 3.58. The van der Waals surface area contributed by atoms with Crippen LogP contribution in [0.3, 0.4) is 0 Å². The Kier molecular flexibility index (Phi) is 7.13. The summed E-state index contributed by atoms with van der Waals surface area (Å²) in [6.45, 7) is 9.26. The van der Waals surface area contributed by atoms with Crippen molar-refractivity contribution >= 4 is 11.7 Å². The summed E-state index contributed by atoms with van der Waals surface area (Å²) in [5.41, 5.74) is 4.44. The van der Waals surface area contributed by atoms with Crippen molar-refractivity contribution in [2.75, 3.05) is 44.7 Å². The zero-order valence-corrected chi connectivity index (χ0v) is 19.9. The number of hydrogen-bond acceptors (Lipinski definition) is 8. The highest BCUT2D eigenvalue weighted by Crippen LogP contribution is 2.35. The van der Waals surface area contributed by atoms with Crippen molar-refractivity contribution in [3.63, 3.8) is 0 Å². The number of hydroxylamine groups is 1. The number of rotatable bonds is 9. The molecule has 4 fully saturated rings. The minimum Gasteiger partial charge on any atom is -0.377 e. The number of piperazine rings is 1. The first-order valence-electron chi connectivity index (χ1n) is 12.7. The van der Waals surface area contributed by atoms with E-state index in [-0.39, 0.29) is 12.5 Å². The van der Waals surface area contributed by atoms with Crippen LogP contribution in [0.5, 0.6) is 0 Å². The maximum absolute atomic E-state index is 12.5. The van der Waals surface area contributed by atoms with E-state index in [2.05, 4.69) is 56.5 Å². The maximum Gasteiger partial charge on any atom is 0.225 e. The molecule has 5 rings (SSSR count). The molecule has 182 valence electrons. The lowest BCUT2D eigenvalue weighted by Crippen LogP contribution is -2.60. The zero-order chi connectivity index (χ0) is 22.8. The van der Waals surface area contributed by atoms with Gasteiger partial charge in [0.25, 0.3) is 0 Å². The molecular formula is C24H38N6O3. The Morgan fingerprint density at radius 2 is 2.03 bits per heavy atom. The van der Waals surface area contributed by atoms with Gasteiger partial charge in [0.15, 0.2) is 6.23 Å². The molecule has 3 atom stereocenters. The predicted molar refractivity (Wildman–Crippen MR) is 125 cm³/mol. The number of nitrogens with one attached hydrogen (secondary N) is 2. The van der Waals surface area contributed by atoms with E-state index in [1.165, 1.54) is 0 Å². The summed E-state index contributed by atoms with van der Waals surface area (Å²) in [4.78, 5) is 30.2. The lowest BCUT2D eigenvalue weighted by molar-refractivity contribution is -0.135. The summed E-state index contributed by atoms with van der Waals surface area (Å²) in [6.07, 6.45) is 7.11. The van der Waals surface area contributed by atoms with Gasteiger partial charge in [0.1, 0.15) is 12.1 Å². The van der Waals surface area contributed by atoms with Gasteiger partial charge in [0, 0.05) is 49.9 Å². The molecule has 1 aliphatic carbocycles. The van der Waals surface area contributed by atoms with Crippen LogP contribution in [0.1, 0.15) is 57.7 Å². The third-order valence-electron chi connectivity index (χ3n) is 7.31. The van der Waals surface area contributed by atoms with Gasteiger partial charge in [0.2, 0.25) is 5.91 Å². The first kappa shape index (κ1) is 23.0. The monoisotopic (exact) mass is 458 g/mol. The molecule has 4 aliphatic rings. The molecule has 9 nitrogen and oxygen atoms in total. The van der Waals surface area contributed by atoms with Crippen molar-refractivity contribution in [1.29, 1.82) is 0 Å². The molecule has 1 aromatic rings. The second kappa shape index (κ2) is 10.2. The molecule has 3 unspecified atom stereocenters. The first-order chi connectivity index (χ1) is 16.2. The number of aromatic nitrogens is 1. The topological polar surface area (TPSA) is 82.2 Å². The second-order valence-corrected chi connectivity index (χ2v) is 9.75. The highest BCUT2D eigenvalue weighted by Gasteiger charge is 2.44. The average molecular weight is 459 g/mol. The lowest BCUT2D eigenvalue weighted by atomic mass is 10.1. The lowest BCUT2D eigenvalue weighted by Gasteiger charge is -2.43. The summed E-state index contributed by atoms with van der Waals surface area (Å²) in [7, 11) is 0. The predicted octanol–water partition coefficient (Wildman–Crippen LogP) is 2.14. The van der Waals surface area contributed by atoms with Gasteiger partial charge in [0.05, 0.1) is 19.3 Å². The molecule has 3 saturated heterocycles. The van der Waals surface area contributed by atoms with Crippen LogP contribution in [0.2, 0.25) is 0 Å². The third kappa shape index (κ3) is 5.02. The molecule has 0 radical (unpaired) electrons. The Balaban J connectivity index is 1.31. The number of carbonyl (C=O) groups is 1. The van der Waals surface area contributed by atoms with Crippen LogP contribution in [-0.2, 0) is 14.4 Å². The zero-order valence-electron chi connectivity index (χ0n) is 19.9. The van der Waals surface area contributed by atoms with Gasteiger partial charge in [-0.2, -0.15) is 5.48 Å². The van der Waals surface area contributed by atoms with E-state index < -0.39 is 0 Å². The molecule has 3 aliphatic heterocycles. The quantitative estimate of drug-likeness (QED) is 0.583. The van der Waals surface area contributed by atoms with Gasteiger partial charge >= 0.3 is 0 Å². The standard InChI is InChI=1S/C24H38N6O3/c1-3-5-20(4-2)30-23(18-8-9-25-21(14-18)26-19-15-32-16-19)33-27-24(30)29-12-10-28(11-13-29)22(31)17-6-7-17/h8-9,14,17,19-20,23-24,27H,3-7,10-13,15-16H2,1-2H3,(H,25,26). The van der Waals surface area contributed by atoms with E-state index in [1.54, 1.807) is 0 Å². The fourth-order valence-corrected chi connectivity index (χ4v) is 5.15. The molecule has 9 heteroatoms. The molecule has 33 heavy (non-hydrogen) atoms. The van der Waals surface area contributed by atoms with Crippen LogP contribution in [0.15, 0.2) is 18.3 Å². The fraction of sp³-hybridized carbons (Fsp3) is 0.750.